The lowest BCUT2D eigenvalue weighted by Gasteiger charge is -2.17. The molecular weight excluding hydrogens is 413 g/mol. The number of benzene rings is 1. The van der Waals surface area contributed by atoms with Gasteiger partial charge in [-0.25, -0.2) is 4.99 Å². The summed E-state index contributed by atoms with van der Waals surface area (Å²) >= 11 is 0. The molecule has 0 heterocycles. The number of guanidine groups is 1. The first kappa shape index (κ1) is 21.2. The van der Waals surface area contributed by atoms with Crippen LogP contribution < -0.4 is 11.1 Å². The molecule has 0 amide bonds. The molecule has 0 saturated heterocycles. The van der Waals surface area contributed by atoms with Crippen LogP contribution in [0.3, 0.4) is 0 Å². The summed E-state index contributed by atoms with van der Waals surface area (Å²) in [6.07, 6.45) is 8.74. The fraction of sp³-hybridized carbons (Fsp3) is 0.632. The average molecular weight is 445 g/mol. The van der Waals surface area contributed by atoms with E-state index in [2.05, 4.69) is 29.4 Å². The SMILES string of the molecule is CCCOCc1ccccc1CN=C(N)NC1CCCCCC1.I. The van der Waals surface area contributed by atoms with Gasteiger partial charge in [-0.15, -0.1) is 24.0 Å². The molecule has 0 radical (unpaired) electrons. The lowest BCUT2D eigenvalue weighted by atomic mass is 10.1. The summed E-state index contributed by atoms with van der Waals surface area (Å²) < 4.78 is 5.66. The number of hydrogen-bond acceptors (Lipinski definition) is 2. The molecule has 0 unspecified atom stereocenters. The molecule has 0 spiro atoms. The molecule has 3 N–H and O–H groups in total. The average Bonchev–Trinajstić information content (AvgIpc) is 2.83. The highest BCUT2D eigenvalue weighted by atomic mass is 127. The van der Waals surface area contributed by atoms with Gasteiger partial charge in [0.15, 0.2) is 5.96 Å². The zero-order valence-corrected chi connectivity index (χ0v) is 17.1. The molecule has 1 saturated carbocycles. The van der Waals surface area contributed by atoms with Gasteiger partial charge in [0, 0.05) is 12.6 Å². The number of nitrogens with one attached hydrogen (secondary N) is 1. The van der Waals surface area contributed by atoms with E-state index in [9.17, 15) is 0 Å². The van der Waals surface area contributed by atoms with Crippen LogP contribution in [-0.4, -0.2) is 18.6 Å². The summed E-state index contributed by atoms with van der Waals surface area (Å²) in [5.74, 6) is 0.571. The number of nitrogens with two attached hydrogens (primary N) is 1. The maximum Gasteiger partial charge on any atom is 0.189 e. The molecule has 0 bridgehead atoms. The Morgan fingerprint density at radius 1 is 1.17 bits per heavy atom. The summed E-state index contributed by atoms with van der Waals surface area (Å²) in [7, 11) is 0. The third-order valence-electron chi connectivity index (χ3n) is 4.35. The van der Waals surface area contributed by atoms with E-state index in [0.717, 1.165) is 13.0 Å². The van der Waals surface area contributed by atoms with E-state index in [1.807, 2.05) is 12.1 Å². The third kappa shape index (κ3) is 7.83. The van der Waals surface area contributed by atoms with Gasteiger partial charge in [0.05, 0.1) is 13.2 Å². The number of ether oxygens (including phenoxy) is 1. The van der Waals surface area contributed by atoms with Gasteiger partial charge in [-0.2, -0.15) is 0 Å². The first-order chi connectivity index (χ1) is 11.3. The van der Waals surface area contributed by atoms with Gasteiger partial charge in [0.1, 0.15) is 0 Å². The Balaban J connectivity index is 0.00000288. The topological polar surface area (TPSA) is 59.6 Å². The molecule has 5 heteroatoms. The molecule has 0 aromatic heterocycles. The van der Waals surface area contributed by atoms with Crippen LogP contribution in [0.25, 0.3) is 0 Å². The predicted octanol–water partition coefficient (Wildman–Crippen LogP) is 4.36. The summed E-state index contributed by atoms with van der Waals surface area (Å²) in [4.78, 5) is 4.54. The minimum absolute atomic E-state index is 0. The van der Waals surface area contributed by atoms with Crippen molar-refractivity contribution in [2.24, 2.45) is 10.7 Å². The predicted molar refractivity (Wildman–Crippen MR) is 112 cm³/mol. The Morgan fingerprint density at radius 3 is 2.50 bits per heavy atom. The van der Waals surface area contributed by atoms with Crippen molar-refractivity contribution in [3.63, 3.8) is 0 Å². The van der Waals surface area contributed by atoms with Crippen LogP contribution in [0.5, 0.6) is 0 Å². The van der Waals surface area contributed by atoms with E-state index >= 15 is 0 Å². The number of rotatable bonds is 7. The quantitative estimate of drug-likeness (QED) is 0.216. The Morgan fingerprint density at radius 2 is 1.83 bits per heavy atom. The van der Waals surface area contributed by atoms with E-state index in [1.165, 1.54) is 49.7 Å². The number of nitrogens with zero attached hydrogens (tertiary/aromatic N) is 1. The Bertz CT molecular complexity index is 485. The number of halogens is 1. The van der Waals surface area contributed by atoms with Crippen molar-refractivity contribution in [2.75, 3.05) is 6.61 Å². The Hall–Kier alpha value is -0.820. The van der Waals surface area contributed by atoms with Crippen LogP contribution in [0, 0.1) is 0 Å². The molecule has 1 aromatic carbocycles. The zero-order valence-electron chi connectivity index (χ0n) is 14.8. The molecule has 0 atom stereocenters. The van der Waals surface area contributed by atoms with Crippen molar-refractivity contribution in [2.45, 2.75) is 71.1 Å². The minimum Gasteiger partial charge on any atom is -0.377 e. The van der Waals surface area contributed by atoms with Gasteiger partial charge in [-0.1, -0.05) is 56.9 Å². The standard InChI is InChI=1S/C19H31N3O.HI/c1-2-13-23-15-17-10-8-7-9-16(17)14-21-19(20)22-18-11-5-3-4-6-12-18;/h7-10,18H,2-6,11-15H2,1H3,(H3,20,21,22);1H. The molecule has 136 valence electrons. The van der Waals surface area contributed by atoms with Gasteiger partial charge < -0.3 is 15.8 Å². The van der Waals surface area contributed by atoms with E-state index in [1.54, 1.807) is 0 Å². The highest BCUT2D eigenvalue weighted by molar-refractivity contribution is 14.0. The fourth-order valence-corrected chi connectivity index (χ4v) is 3.03. The molecule has 1 aliphatic rings. The van der Waals surface area contributed by atoms with Gasteiger partial charge >= 0.3 is 0 Å². The Kier molecular flexibility index (Phi) is 11.1. The zero-order chi connectivity index (χ0) is 16.3. The molecular formula is C19H32IN3O. The number of hydrogen-bond donors (Lipinski definition) is 2. The van der Waals surface area contributed by atoms with Gasteiger partial charge in [-0.05, 0) is 30.4 Å². The van der Waals surface area contributed by atoms with E-state index in [-0.39, 0.29) is 24.0 Å². The van der Waals surface area contributed by atoms with Gasteiger partial charge in [0.25, 0.3) is 0 Å². The normalized spacial score (nSPS) is 16.3. The highest BCUT2D eigenvalue weighted by Gasteiger charge is 2.12. The second kappa shape index (κ2) is 12.5. The smallest absolute Gasteiger partial charge is 0.189 e. The molecule has 1 aromatic rings. The summed E-state index contributed by atoms with van der Waals surface area (Å²) in [5, 5.41) is 3.40. The van der Waals surface area contributed by atoms with E-state index in [4.69, 9.17) is 10.5 Å². The molecule has 0 aliphatic heterocycles. The molecule has 24 heavy (non-hydrogen) atoms. The van der Waals surface area contributed by atoms with Crippen LogP contribution in [0.1, 0.15) is 63.0 Å². The minimum atomic E-state index is 0. The second-order valence-corrected chi connectivity index (χ2v) is 6.36. The lowest BCUT2D eigenvalue weighted by Crippen LogP contribution is -2.39. The van der Waals surface area contributed by atoms with Gasteiger partial charge in [0.2, 0.25) is 0 Å². The second-order valence-electron chi connectivity index (χ2n) is 6.36. The van der Waals surface area contributed by atoms with Crippen molar-refractivity contribution in [3.05, 3.63) is 35.4 Å². The maximum atomic E-state index is 6.08. The van der Waals surface area contributed by atoms with Crippen molar-refractivity contribution < 1.29 is 4.74 Å². The van der Waals surface area contributed by atoms with Crippen LogP contribution in [0.2, 0.25) is 0 Å². The first-order valence-corrected chi connectivity index (χ1v) is 9.00. The Labute approximate surface area is 163 Å². The molecule has 1 fully saturated rings. The summed E-state index contributed by atoms with van der Waals surface area (Å²) in [6.45, 7) is 4.17. The third-order valence-corrected chi connectivity index (χ3v) is 4.35. The summed E-state index contributed by atoms with van der Waals surface area (Å²) in [6, 6.07) is 8.79. The van der Waals surface area contributed by atoms with Crippen LogP contribution in [0.4, 0.5) is 0 Å². The van der Waals surface area contributed by atoms with Crippen molar-refractivity contribution in [3.8, 4) is 0 Å². The highest BCUT2D eigenvalue weighted by Crippen LogP contribution is 2.17. The van der Waals surface area contributed by atoms with E-state index < -0.39 is 0 Å². The van der Waals surface area contributed by atoms with Crippen molar-refractivity contribution in [1.29, 1.82) is 0 Å². The van der Waals surface area contributed by atoms with Crippen molar-refractivity contribution in [1.82, 2.24) is 5.32 Å². The number of aliphatic imine (C=N–C) groups is 1. The molecule has 1 aliphatic carbocycles. The van der Waals surface area contributed by atoms with Crippen LogP contribution in [0.15, 0.2) is 29.3 Å². The first-order valence-electron chi connectivity index (χ1n) is 9.00. The van der Waals surface area contributed by atoms with Crippen LogP contribution >= 0.6 is 24.0 Å². The van der Waals surface area contributed by atoms with Crippen LogP contribution in [-0.2, 0) is 17.9 Å². The van der Waals surface area contributed by atoms with Gasteiger partial charge in [-0.3, -0.25) is 0 Å². The largest absolute Gasteiger partial charge is 0.377 e. The lowest BCUT2D eigenvalue weighted by molar-refractivity contribution is 0.121. The fourth-order valence-electron chi connectivity index (χ4n) is 3.03. The summed E-state index contributed by atoms with van der Waals surface area (Å²) in [5.41, 5.74) is 8.47. The maximum absolute atomic E-state index is 6.08. The molecule has 4 nitrogen and oxygen atoms in total. The van der Waals surface area contributed by atoms with E-state index in [0.29, 0.717) is 25.2 Å². The monoisotopic (exact) mass is 445 g/mol. The molecule has 2 rings (SSSR count). The van der Waals surface area contributed by atoms with Crippen molar-refractivity contribution >= 4 is 29.9 Å².